The van der Waals surface area contributed by atoms with Gasteiger partial charge < -0.3 is 14.4 Å². The number of pyridine rings is 1. The van der Waals surface area contributed by atoms with E-state index in [4.69, 9.17) is 9.47 Å². The predicted molar refractivity (Wildman–Crippen MR) is 99.1 cm³/mol. The minimum Gasteiger partial charge on any atom is -0.497 e. The van der Waals surface area contributed by atoms with E-state index in [2.05, 4.69) is 9.88 Å². The van der Waals surface area contributed by atoms with E-state index in [0.717, 1.165) is 36.7 Å². The fraction of sp³-hybridized carbons (Fsp3) is 0.400. The second-order valence-electron chi connectivity index (χ2n) is 6.42. The first-order chi connectivity index (χ1) is 12.7. The molecule has 1 aliphatic rings. The van der Waals surface area contributed by atoms with Gasteiger partial charge in [-0.05, 0) is 35.4 Å². The van der Waals surface area contributed by atoms with Crippen LogP contribution in [0.1, 0.15) is 17.5 Å². The highest BCUT2D eigenvalue weighted by Gasteiger charge is 2.21. The van der Waals surface area contributed by atoms with Gasteiger partial charge in [-0.1, -0.05) is 0 Å². The molecule has 1 aromatic carbocycles. The summed E-state index contributed by atoms with van der Waals surface area (Å²) < 4.78 is 10.6. The normalized spacial score (nSPS) is 15.6. The van der Waals surface area contributed by atoms with Gasteiger partial charge in [-0.25, -0.2) is 0 Å². The molecule has 0 unspecified atom stereocenters. The lowest BCUT2D eigenvalue weighted by atomic mass is 10.2. The average molecular weight is 355 g/mol. The highest BCUT2D eigenvalue weighted by molar-refractivity contribution is 5.76. The highest BCUT2D eigenvalue weighted by Crippen LogP contribution is 2.24. The number of aromatic nitrogens is 1. The Hall–Kier alpha value is -2.60. The summed E-state index contributed by atoms with van der Waals surface area (Å²) in [5.41, 5.74) is 2.23. The number of nitrogens with zero attached hydrogens (tertiary/aromatic N) is 3. The number of amides is 1. The lowest BCUT2D eigenvalue weighted by Crippen LogP contribution is -2.32. The fourth-order valence-electron chi connectivity index (χ4n) is 3.16. The summed E-state index contributed by atoms with van der Waals surface area (Å²) in [7, 11) is 3.26. The molecule has 0 bridgehead atoms. The minimum absolute atomic E-state index is 0.184. The van der Waals surface area contributed by atoms with Gasteiger partial charge >= 0.3 is 0 Å². The van der Waals surface area contributed by atoms with E-state index in [1.807, 2.05) is 35.2 Å². The van der Waals surface area contributed by atoms with Crippen molar-refractivity contribution in [3.63, 3.8) is 0 Å². The zero-order valence-electron chi connectivity index (χ0n) is 15.4. The van der Waals surface area contributed by atoms with Crippen LogP contribution in [0.5, 0.6) is 11.5 Å². The molecule has 1 saturated heterocycles. The van der Waals surface area contributed by atoms with Gasteiger partial charge in [0.05, 0.1) is 14.2 Å². The van der Waals surface area contributed by atoms with E-state index < -0.39 is 0 Å². The number of carbonyl (C=O) groups excluding carboxylic acids is 1. The molecule has 138 valence electrons. The van der Waals surface area contributed by atoms with Crippen molar-refractivity contribution in [1.29, 1.82) is 0 Å². The molecule has 0 aliphatic carbocycles. The van der Waals surface area contributed by atoms with Crippen LogP contribution in [0, 0.1) is 0 Å². The Balaban J connectivity index is 1.65. The van der Waals surface area contributed by atoms with Gasteiger partial charge in [0.25, 0.3) is 0 Å². The molecule has 1 fully saturated rings. The Labute approximate surface area is 154 Å². The van der Waals surface area contributed by atoms with Crippen molar-refractivity contribution in [3.8, 4) is 11.5 Å². The zero-order valence-corrected chi connectivity index (χ0v) is 15.4. The Morgan fingerprint density at radius 1 is 0.923 bits per heavy atom. The van der Waals surface area contributed by atoms with Crippen molar-refractivity contribution < 1.29 is 14.3 Å². The number of carbonyl (C=O) groups is 1. The van der Waals surface area contributed by atoms with E-state index >= 15 is 0 Å². The Morgan fingerprint density at radius 2 is 1.62 bits per heavy atom. The molecule has 26 heavy (non-hydrogen) atoms. The highest BCUT2D eigenvalue weighted by atomic mass is 16.5. The van der Waals surface area contributed by atoms with Crippen molar-refractivity contribution >= 4 is 5.91 Å². The summed E-state index contributed by atoms with van der Waals surface area (Å²) in [6.45, 7) is 3.75. The maximum atomic E-state index is 12.6. The van der Waals surface area contributed by atoms with Crippen LogP contribution in [0.25, 0.3) is 0 Å². The van der Waals surface area contributed by atoms with Crippen molar-refractivity contribution in [3.05, 3.63) is 53.9 Å². The van der Waals surface area contributed by atoms with Crippen molar-refractivity contribution in [2.45, 2.75) is 19.5 Å². The van der Waals surface area contributed by atoms with Crippen LogP contribution in [0.3, 0.4) is 0 Å². The number of ether oxygens (including phenoxy) is 2. The fourth-order valence-corrected chi connectivity index (χ4v) is 3.16. The van der Waals surface area contributed by atoms with Gasteiger partial charge in [0, 0.05) is 57.6 Å². The van der Waals surface area contributed by atoms with Crippen LogP contribution in [-0.4, -0.2) is 54.5 Å². The number of benzene rings is 1. The van der Waals surface area contributed by atoms with E-state index in [0.29, 0.717) is 19.5 Å². The molecule has 0 radical (unpaired) electrons. The molecule has 2 aromatic rings. The summed E-state index contributed by atoms with van der Waals surface area (Å²) in [6.07, 6.45) is 4.15. The second-order valence-corrected chi connectivity index (χ2v) is 6.42. The van der Waals surface area contributed by atoms with E-state index in [-0.39, 0.29) is 5.91 Å². The van der Waals surface area contributed by atoms with Crippen molar-refractivity contribution in [1.82, 2.24) is 14.8 Å². The quantitative estimate of drug-likeness (QED) is 0.796. The van der Waals surface area contributed by atoms with Crippen LogP contribution in [0.15, 0.2) is 42.7 Å². The van der Waals surface area contributed by atoms with E-state index in [9.17, 15) is 4.79 Å². The monoisotopic (exact) mass is 355 g/mol. The predicted octanol–water partition coefficient (Wildman–Crippen LogP) is 2.33. The molecule has 1 amide bonds. The smallest absolute Gasteiger partial charge is 0.224 e. The summed E-state index contributed by atoms with van der Waals surface area (Å²) in [5, 5.41) is 0. The molecular weight excluding hydrogens is 330 g/mol. The molecule has 1 aliphatic heterocycles. The second kappa shape index (κ2) is 8.67. The molecule has 0 saturated carbocycles. The summed E-state index contributed by atoms with van der Waals surface area (Å²) >= 11 is 0. The molecule has 6 heteroatoms. The van der Waals surface area contributed by atoms with Gasteiger partial charge in [-0.15, -0.1) is 0 Å². The van der Waals surface area contributed by atoms with Gasteiger partial charge in [0.2, 0.25) is 5.91 Å². The van der Waals surface area contributed by atoms with Crippen LogP contribution >= 0.6 is 0 Å². The zero-order chi connectivity index (χ0) is 18.4. The maximum absolute atomic E-state index is 12.6. The van der Waals surface area contributed by atoms with Crippen molar-refractivity contribution in [2.75, 3.05) is 33.9 Å². The Kier molecular flexibility index (Phi) is 6.07. The first-order valence-electron chi connectivity index (χ1n) is 8.79. The molecule has 1 aromatic heterocycles. The third-order valence-corrected chi connectivity index (χ3v) is 4.62. The van der Waals surface area contributed by atoms with Crippen LogP contribution in [0.2, 0.25) is 0 Å². The molecular formula is C20H25N3O3. The first kappa shape index (κ1) is 18.2. The lowest BCUT2D eigenvalue weighted by molar-refractivity contribution is -0.130. The lowest BCUT2D eigenvalue weighted by Gasteiger charge is -2.22. The Bertz CT molecular complexity index is 714. The molecule has 3 rings (SSSR count). The third-order valence-electron chi connectivity index (χ3n) is 4.62. The van der Waals surface area contributed by atoms with Crippen LogP contribution in [-0.2, 0) is 17.9 Å². The first-order valence-corrected chi connectivity index (χ1v) is 8.79. The topological polar surface area (TPSA) is 54.9 Å². The number of rotatable bonds is 6. The molecule has 0 spiro atoms. The van der Waals surface area contributed by atoms with E-state index in [1.165, 1.54) is 5.56 Å². The number of methoxy groups -OCH3 is 2. The largest absolute Gasteiger partial charge is 0.497 e. The third kappa shape index (κ3) is 4.73. The standard InChI is InChI=1S/C20H25N3O3/c1-25-18-11-17(12-19(13-18)26-2)15-23-10-9-22(8-5-20(23)24)14-16-3-6-21-7-4-16/h3-4,6-7,11-13H,5,8-10,14-15H2,1-2H3. The summed E-state index contributed by atoms with van der Waals surface area (Å²) in [5.74, 6) is 1.66. The van der Waals surface area contributed by atoms with Crippen molar-refractivity contribution in [2.24, 2.45) is 0 Å². The van der Waals surface area contributed by atoms with Gasteiger partial charge in [0.15, 0.2) is 0 Å². The number of hydrogen-bond donors (Lipinski definition) is 0. The minimum atomic E-state index is 0.184. The SMILES string of the molecule is COc1cc(CN2CCN(Cc3ccncc3)CCC2=O)cc(OC)c1. The maximum Gasteiger partial charge on any atom is 0.224 e. The van der Waals surface area contributed by atoms with Gasteiger partial charge in [0.1, 0.15) is 11.5 Å². The van der Waals surface area contributed by atoms with Crippen LogP contribution in [0.4, 0.5) is 0 Å². The summed E-state index contributed by atoms with van der Waals surface area (Å²) in [6, 6.07) is 9.79. The Morgan fingerprint density at radius 3 is 2.27 bits per heavy atom. The van der Waals surface area contributed by atoms with Crippen LogP contribution < -0.4 is 9.47 Å². The molecule has 0 N–H and O–H groups in total. The number of hydrogen-bond acceptors (Lipinski definition) is 5. The molecule has 0 atom stereocenters. The molecule has 2 heterocycles. The van der Waals surface area contributed by atoms with Gasteiger partial charge in [-0.2, -0.15) is 0 Å². The van der Waals surface area contributed by atoms with Gasteiger partial charge in [-0.3, -0.25) is 14.7 Å². The van der Waals surface area contributed by atoms with E-state index in [1.54, 1.807) is 26.6 Å². The summed E-state index contributed by atoms with van der Waals surface area (Å²) in [4.78, 5) is 20.8. The molecule has 6 nitrogen and oxygen atoms in total. The average Bonchev–Trinajstić information content (AvgIpc) is 2.84.